The second-order valence-electron chi connectivity index (χ2n) is 4.41. The molecule has 0 amide bonds. The molecule has 0 spiro atoms. The van der Waals surface area contributed by atoms with Crippen molar-refractivity contribution in [2.45, 2.75) is 0 Å². The highest BCUT2D eigenvalue weighted by Crippen LogP contribution is 2.17. The van der Waals surface area contributed by atoms with Crippen LogP contribution in [0.15, 0.2) is 48.9 Å². The molecule has 0 saturated heterocycles. The first-order chi connectivity index (χ1) is 10.7. The van der Waals surface area contributed by atoms with Crippen molar-refractivity contribution in [3.8, 4) is 11.4 Å². The van der Waals surface area contributed by atoms with Gasteiger partial charge in [-0.2, -0.15) is 0 Å². The fraction of sp³-hybridized carbons (Fsp3) is 0. The van der Waals surface area contributed by atoms with Gasteiger partial charge in [-0.25, -0.2) is 19.7 Å². The van der Waals surface area contributed by atoms with Gasteiger partial charge >= 0.3 is 5.97 Å². The first kappa shape index (κ1) is 14.1. The Balaban J connectivity index is 1.75. The molecule has 0 unspecified atom stereocenters. The van der Waals surface area contributed by atoms with Crippen LogP contribution in [0.1, 0.15) is 20.2 Å². The third kappa shape index (κ3) is 3.24. The van der Waals surface area contributed by atoms with Crippen LogP contribution in [0.3, 0.4) is 0 Å². The number of carboxylic acid groups (broad SMARTS) is 1. The van der Waals surface area contributed by atoms with Crippen molar-refractivity contribution in [1.29, 1.82) is 0 Å². The van der Waals surface area contributed by atoms with Gasteiger partial charge in [0.15, 0.2) is 5.82 Å². The largest absolute Gasteiger partial charge is 0.477 e. The van der Waals surface area contributed by atoms with E-state index in [-0.39, 0.29) is 4.88 Å². The number of carbonyl (C=O) groups is 1. The number of nitrogens with zero attached hydrogens (tertiary/aromatic N) is 3. The smallest absolute Gasteiger partial charge is 0.347 e. The number of rotatable bonds is 4. The molecule has 0 aliphatic carbocycles. The fourth-order valence-electron chi connectivity index (χ4n) is 1.79. The number of benzene rings is 1. The Bertz CT molecular complexity index is 811. The van der Waals surface area contributed by atoms with Gasteiger partial charge in [0.25, 0.3) is 0 Å². The predicted octanol–water partition coefficient (Wildman–Crippen LogP) is 3.47. The summed E-state index contributed by atoms with van der Waals surface area (Å²) in [5.74, 6) is -0.298. The minimum Gasteiger partial charge on any atom is -0.477 e. The number of carboxylic acids is 1. The summed E-state index contributed by atoms with van der Waals surface area (Å²) in [4.78, 5) is 23.7. The summed E-state index contributed by atoms with van der Waals surface area (Å²) in [6.07, 6.45) is 8.34. The second kappa shape index (κ2) is 6.28. The lowest BCUT2D eigenvalue weighted by Crippen LogP contribution is -1.89. The Morgan fingerprint density at radius 3 is 2.36 bits per heavy atom. The third-order valence-electron chi connectivity index (χ3n) is 2.86. The van der Waals surface area contributed by atoms with Crippen molar-refractivity contribution < 1.29 is 9.90 Å². The van der Waals surface area contributed by atoms with Crippen molar-refractivity contribution in [1.82, 2.24) is 15.0 Å². The van der Waals surface area contributed by atoms with Crippen LogP contribution >= 0.6 is 11.3 Å². The molecule has 0 aliphatic rings. The normalized spacial score (nSPS) is 10.9. The van der Waals surface area contributed by atoms with Gasteiger partial charge in [0.05, 0.1) is 6.20 Å². The van der Waals surface area contributed by atoms with Crippen LogP contribution in [0.4, 0.5) is 0 Å². The highest BCUT2D eigenvalue weighted by Gasteiger charge is 2.06. The molecule has 6 heteroatoms. The van der Waals surface area contributed by atoms with E-state index < -0.39 is 5.97 Å². The topological polar surface area (TPSA) is 76.0 Å². The van der Waals surface area contributed by atoms with Crippen molar-refractivity contribution in [2.24, 2.45) is 0 Å². The molecular weight excluding hydrogens is 298 g/mol. The summed E-state index contributed by atoms with van der Waals surface area (Å²) in [6, 6.07) is 9.73. The van der Waals surface area contributed by atoms with E-state index >= 15 is 0 Å². The molecule has 2 heterocycles. The summed E-state index contributed by atoms with van der Waals surface area (Å²) >= 11 is 1.12. The molecule has 3 aromatic rings. The lowest BCUT2D eigenvalue weighted by atomic mass is 10.2. The summed E-state index contributed by atoms with van der Waals surface area (Å²) in [5.41, 5.74) is 1.79. The molecule has 22 heavy (non-hydrogen) atoms. The molecule has 3 rings (SSSR count). The van der Waals surface area contributed by atoms with Gasteiger partial charge in [-0.05, 0) is 12.2 Å². The van der Waals surface area contributed by atoms with Crippen LogP contribution in [-0.2, 0) is 0 Å². The van der Waals surface area contributed by atoms with E-state index in [4.69, 9.17) is 5.11 Å². The van der Waals surface area contributed by atoms with Gasteiger partial charge in [-0.3, -0.25) is 0 Å². The van der Waals surface area contributed by atoms with Crippen molar-refractivity contribution in [3.05, 3.63) is 64.4 Å². The van der Waals surface area contributed by atoms with Crippen LogP contribution in [0.25, 0.3) is 23.5 Å². The zero-order valence-corrected chi connectivity index (χ0v) is 12.2. The minimum atomic E-state index is -0.965. The van der Waals surface area contributed by atoms with E-state index in [0.717, 1.165) is 22.5 Å². The van der Waals surface area contributed by atoms with Crippen LogP contribution in [0.5, 0.6) is 0 Å². The summed E-state index contributed by atoms with van der Waals surface area (Å²) in [5, 5.41) is 9.48. The van der Waals surface area contributed by atoms with E-state index in [9.17, 15) is 4.79 Å². The van der Waals surface area contributed by atoms with Gasteiger partial charge in [-0.1, -0.05) is 30.3 Å². The number of aromatic nitrogens is 3. The SMILES string of the molecule is O=C(O)c1cnc(/C=C/c2cnc(-c3ccccc3)nc2)s1. The van der Waals surface area contributed by atoms with Crippen molar-refractivity contribution in [2.75, 3.05) is 0 Å². The molecular formula is C16H11N3O2S. The van der Waals surface area contributed by atoms with E-state index in [1.54, 1.807) is 24.5 Å². The summed E-state index contributed by atoms with van der Waals surface area (Å²) < 4.78 is 0. The van der Waals surface area contributed by atoms with Gasteiger partial charge in [0.2, 0.25) is 0 Å². The molecule has 0 aliphatic heterocycles. The Hall–Kier alpha value is -2.86. The van der Waals surface area contributed by atoms with E-state index in [1.165, 1.54) is 6.20 Å². The maximum Gasteiger partial charge on any atom is 0.347 e. The molecule has 0 radical (unpaired) electrons. The van der Waals surface area contributed by atoms with Crippen molar-refractivity contribution >= 4 is 29.5 Å². The lowest BCUT2D eigenvalue weighted by molar-refractivity contribution is 0.0702. The number of aromatic carboxylic acids is 1. The fourth-order valence-corrected chi connectivity index (χ4v) is 2.45. The van der Waals surface area contributed by atoms with Gasteiger partial charge in [0, 0.05) is 23.5 Å². The van der Waals surface area contributed by atoms with E-state index in [0.29, 0.717) is 10.8 Å². The standard InChI is InChI=1S/C16H11N3O2S/c20-16(21)13-10-17-14(22-13)7-6-11-8-18-15(19-9-11)12-4-2-1-3-5-12/h1-10H,(H,20,21)/b7-6+. The highest BCUT2D eigenvalue weighted by molar-refractivity contribution is 7.14. The molecule has 0 saturated carbocycles. The Kier molecular flexibility index (Phi) is 4.02. The maximum atomic E-state index is 10.8. The second-order valence-corrected chi connectivity index (χ2v) is 5.47. The van der Waals surface area contributed by atoms with Crippen LogP contribution < -0.4 is 0 Å². The molecule has 1 aromatic carbocycles. The van der Waals surface area contributed by atoms with Crippen LogP contribution in [0, 0.1) is 0 Å². The predicted molar refractivity (Wildman–Crippen MR) is 85.5 cm³/mol. The lowest BCUT2D eigenvalue weighted by Gasteiger charge is -1.99. The quantitative estimate of drug-likeness (QED) is 0.798. The average Bonchev–Trinajstić information content (AvgIpc) is 3.04. The molecule has 2 aromatic heterocycles. The summed E-state index contributed by atoms with van der Waals surface area (Å²) in [6.45, 7) is 0. The minimum absolute atomic E-state index is 0.218. The molecule has 0 bridgehead atoms. The molecule has 0 fully saturated rings. The summed E-state index contributed by atoms with van der Waals surface area (Å²) in [7, 11) is 0. The number of hydrogen-bond donors (Lipinski definition) is 1. The Labute approximate surface area is 130 Å². The van der Waals surface area contributed by atoms with E-state index in [2.05, 4.69) is 15.0 Å². The highest BCUT2D eigenvalue weighted by atomic mass is 32.1. The van der Waals surface area contributed by atoms with E-state index in [1.807, 2.05) is 30.3 Å². The van der Waals surface area contributed by atoms with Crippen LogP contribution in [-0.4, -0.2) is 26.0 Å². The number of hydrogen-bond acceptors (Lipinski definition) is 5. The zero-order valence-electron chi connectivity index (χ0n) is 11.4. The monoisotopic (exact) mass is 309 g/mol. The molecule has 108 valence electrons. The van der Waals surface area contributed by atoms with Crippen molar-refractivity contribution in [3.63, 3.8) is 0 Å². The van der Waals surface area contributed by atoms with Gasteiger partial charge < -0.3 is 5.11 Å². The Morgan fingerprint density at radius 1 is 1.00 bits per heavy atom. The first-order valence-electron chi connectivity index (χ1n) is 6.47. The van der Waals surface area contributed by atoms with Crippen LogP contribution in [0.2, 0.25) is 0 Å². The average molecular weight is 309 g/mol. The number of thiazole rings is 1. The third-order valence-corrected chi connectivity index (χ3v) is 3.81. The maximum absolute atomic E-state index is 10.8. The zero-order chi connectivity index (χ0) is 15.4. The van der Waals surface area contributed by atoms with Gasteiger partial charge in [0.1, 0.15) is 9.88 Å². The molecule has 1 N–H and O–H groups in total. The van der Waals surface area contributed by atoms with Gasteiger partial charge in [-0.15, -0.1) is 11.3 Å². The first-order valence-corrected chi connectivity index (χ1v) is 7.29. The molecule has 0 atom stereocenters. The molecule has 5 nitrogen and oxygen atoms in total. The Morgan fingerprint density at radius 2 is 1.73 bits per heavy atom.